The van der Waals surface area contributed by atoms with Gasteiger partial charge in [0.25, 0.3) is 0 Å². The first-order valence-electron chi connectivity index (χ1n) is 9.51. The molecule has 6 atom stereocenters. The van der Waals surface area contributed by atoms with Crippen molar-refractivity contribution in [2.45, 2.75) is 51.9 Å². The van der Waals surface area contributed by atoms with Gasteiger partial charge in [0.1, 0.15) is 11.5 Å². The minimum Gasteiger partial charge on any atom is -0.508 e. The number of rotatable bonds is 0. The van der Waals surface area contributed by atoms with E-state index in [-0.39, 0.29) is 10.8 Å². The maximum atomic E-state index is 13.1. The minimum atomic E-state index is -0.0631. The van der Waals surface area contributed by atoms with Crippen LogP contribution in [0.15, 0.2) is 24.3 Å². The van der Waals surface area contributed by atoms with Crippen LogP contribution < -0.4 is 0 Å². The number of phenols is 1. The van der Waals surface area contributed by atoms with E-state index in [0.29, 0.717) is 35.2 Å². The number of benzene rings is 1. The third-order valence-corrected chi connectivity index (χ3v) is 8.18. The molecule has 2 heteroatoms. The molecular weight excluding hydrogens is 296 g/mol. The number of aromatic hydroxyl groups is 1. The van der Waals surface area contributed by atoms with E-state index in [4.69, 9.17) is 0 Å². The van der Waals surface area contributed by atoms with E-state index in [0.717, 1.165) is 24.8 Å². The quantitative estimate of drug-likeness (QED) is 0.736. The predicted octanol–water partition coefficient (Wildman–Crippen LogP) is 4.92. The number of ketones is 1. The topological polar surface area (TPSA) is 37.3 Å². The summed E-state index contributed by atoms with van der Waals surface area (Å²) in [5, 5.41) is 9.81. The molecule has 0 saturated heterocycles. The summed E-state index contributed by atoms with van der Waals surface area (Å²) in [7, 11) is 0. The number of carbonyl (C=O) groups excluding carboxylic acids is 1. The Morgan fingerprint density at radius 1 is 1.25 bits per heavy atom. The van der Waals surface area contributed by atoms with Crippen molar-refractivity contribution < 1.29 is 9.90 Å². The molecule has 4 aliphatic carbocycles. The van der Waals surface area contributed by atoms with Gasteiger partial charge < -0.3 is 5.11 Å². The zero-order chi connectivity index (χ0) is 16.7. The largest absolute Gasteiger partial charge is 0.508 e. The second kappa shape index (κ2) is 4.53. The van der Waals surface area contributed by atoms with Crippen molar-refractivity contribution in [1.29, 1.82) is 0 Å². The van der Waals surface area contributed by atoms with Gasteiger partial charge in [0.05, 0.1) is 0 Å². The lowest BCUT2D eigenvalue weighted by molar-refractivity contribution is -0.137. The summed E-state index contributed by atoms with van der Waals surface area (Å²) in [6.45, 7) is 4.74. The fourth-order valence-corrected chi connectivity index (χ4v) is 7.18. The second-order valence-corrected chi connectivity index (χ2v) is 9.06. The summed E-state index contributed by atoms with van der Waals surface area (Å²) in [5.41, 5.74) is 2.71. The molecule has 3 saturated carbocycles. The maximum absolute atomic E-state index is 13.1. The van der Waals surface area contributed by atoms with Crippen molar-refractivity contribution in [3.63, 3.8) is 0 Å². The molecule has 3 unspecified atom stereocenters. The maximum Gasteiger partial charge on any atom is 0.139 e. The van der Waals surface area contributed by atoms with Gasteiger partial charge in [-0.1, -0.05) is 32.1 Å². The number of carbonyl (C=O) groups is 1. The summed E-state index contributed by atoms with van der Waals surface area (Å²) >= 11 is 0. The van der Waals surface area contributed by atoms with Gasteiger partial charge in [-0.3, -0.25) is 4.79 Å². The van der Waals surface area contributed by atoms with Crippen LogP contribution >= 0.6 is 0 Å². The van der Waals surface area contributed by atoms with Crippen molar-refractivity contribution in [2.24, 2.45) is 28.6 Å². The Morgan fingerprint density at radius 3 is 2.92 bits per heavy atom. The smallest absolute Gasteiger partial charge is 0.139 e. The fraction of sp³-hybridized carbons (Fsp3) is 0.591. The number of phenolic OH excluding ortho intramolecular Hbond substituents is 1. The molecule has 4 aliphatic rings. The van der Waals surface area contributed by atoms with E-state index in [1.165, 1.54) is 18.4 Å². The molecular formula is C22H26O2. The Bertz CT molecular complexity index is 763. The van der Waals surface area contributed by atoms with Gasteiger partial charge in [0, 0.05) is 11.8 Å². The Kier molecular flexibility index (Phi) is 2.78. The number of hydrogen-bond donors (Lipinski definition) is 1. The van der Waals surface area contributed by atoms with Crippen LogP contribution in [0.3, 0.4) is 0 Å². The van der Waals surface area contributed by atoms with Crippen LogP contribution in [0, 0.1) is 28.6 Å². The van der Waals surface area contributed by atoms with Gasteiger partial charge in [-0.25, -0.2) is 0 Å². The van der Waals surface area contributed by atoms with Gasteiger partial charge in [-0.15, -0.1) is 0 Å². The number of Topliss-reactive ketones (excluding diaryl/α,β-unsaturated/α-hetero) is 1. The second-order valence-electron chi connectivity index (χ2n) is 9.06. The lowest BCUT2D eigenvalue weighted by Gasteiger charge is -2.53. The van der Waals surface area contributed by atoms with E-state index in [1.54, 1.807) is 0 Å². The molecule has 5 rings (SSSR count). The molecule has 0 amide bonds. The summed E-state index contributed by atoms with van der Waals surface area (Å²) in [4.78, 5) is 13.1. The van der Waals surface area contributed by atoms with Crippen LogP contribution in [-0.4, -0.2) is 10.9 Å². The molecule has 126 valence electrons. The van der Waals surface area contributed by atoms with Crippen molar-refractivity contribution in [3.8, 4) is 5.75 Å². The molecule has 1 spiro atoms. The molecule has 0 bridgehead atoms. The van der Waals surface area contributed by atoms with Crippen LogP contribution in [0.2, 0.25) is 0 Å². The van der Waals surface area contributed by atoms with Gasteiger partial charge in [0.15, 0.2) is 0 Å². The zero-order valence-corrected chi connectivity index (χ0v) is 14.6. The SMILES string of the molecule is C[C@@H]1C[C@@]23C(=O)CC[C@]2(C)CCC3C2C=Cc3cc(O)ccc3C21. The van der Waals surface area contributed by atoms with E-state index in [2.05, 4.69) is 32.1 Å². The lowest BCUT2D eigenvalue weighted by atomic mass is 9.49. The third-order valence-electron chi connectivity index (χ3n) is 8.18. The minimum absolute atomic E-state index is 0.0631. The zero-order valence-electron chi connectivity index (χ0n) is 14.6. The van der Waals surface area contributed by atoms with Crippen LogP contribution in [0.4, 0.5) is 0 Å². The van der Waals surface area contributed by atoms with Gasteiger partial charge >= 0.3 is 0 Å². The van der Waals surface area contributed by atoms with Crippen molar-refractivity contribution in [1.82, 2.24) is 0 Å². The summed E-state index contributed by atoms with van der Waals surface area (Å²) in [5.74, 6) is 2.90. The normalized spacial score (nSPS) is 45.5. The monoisotopic (exact) mass is 322 g/mol. The number of allylic oxidation sites excluding steroid dienone is 1. The number of hydrogen-bond acceptors (Lipinski definition) is 2. The Balaban J connectivity index is 1.65. The third kappa shape index (κ3) is 1.55. The van der Waals surface area contributed by atoms with Crippen LogP contribution in [0.5, 0.6) is 5.75 Å². The standard InChI is InChI=1S/C22H26O2/c1-13-12-22-18(7-9-21(22,2)10-8-19(22)24)17-5-3-14-11-15(23)4-6-16(14)20(13)17/h3-6,11,13,17-18,20,23H,7-10,12H2,1-2H3/t13-,17?,18?,20?,21+,22-/m1/s1. The number of fused-ring (bicyclic) bond motifs is 4. The molecule has 3 fully saturated rings. The molecule has 0 aliphatic heterocycles. The highest BCUT2D eigenvalue weighted by Crippen LogP contribution is 2.72. The molecule has 1 N–H and O–H groups in total. The summed E-state index contributed by atoms with van der Waals surface area (Å²) in [6, 6.07) is 5.83. The highest BCUT2D eigenvalue weighted by Gasteiger charge is 2.68. The van der Waals surface area contributed by atoms with Gasteiger partial charge in [-0.05, 0) is 78.0 Å². The molecule has 1 aromatic carbocycles. The molecule has 0 heterocycles. The van der Waals surface area contributed by atoms with Crippen LogP contribution in [0.25, 0.3) is 6.08 Å². The fourth-order valence-electron chi connectivity index (χ4n) is 7.18. The molecule has 24 heavy (non-hydrogen) atoms. The van der Waals surface area contributed by atoms with E-state index < -0.39 is 0 Å². The molecule has 2 nitrogen and oxygen atoms in total. The highest BCUT2D eigenvalue weighted by atomic mass is 16.3. The van der Waals surface area contributed by atoms with Crippen molar-refractivity contribution in [2.75, 3.05) is 0 Å². The summed E-state index contributed by atoms with van der Waals surface area (Å²) < 4.78 is 0. The Hall–Kier alpha value is -1.57. The van der Waals surface area contributed by atoms with Gasteiger partial charge in [-0.2, -0.15) is 0 Å². The van der Waals surface area contributed by atoms with E-state index >= 15 is 0 Å². The summed E-state index contributed by atoms with van der Waals surface area (Å²) in [6.07, 6.45) is 9.93. The average molecular weight is 322 g/mol. The van der Waals surface area contributed by atoms with E-state index in [1.807, 2.05) is 12.1 Å². The molecule has 1 aromatic rings. The van der Waals surface area contributed by atoms with Gasteiger partial charge in [0.2, 0.25) is 0 Å². The van der Waals surface area contributed by atoms with E-state index in [9.17, 15) is 9.90 Å². The van der Waals surface area contributed by atoms with Crippen molar-refractivity contribution >= 4 is 11.9 Å². The average Bonchev–Trinajstić information content (AvgIpc) is 2.98. The van der Waals surface area contributed by atoms with Crippen LogP contribution in [-0.2, 0) is 4.79 Å². The first-order valence-corrected chi connectivity index (χ1v) is 9.51. The first kappa shape index (κ1) is 14.7. The molecule has 0 aromatic heterocycles. The van der Waals surface area contributed by atoms with Crippen LogP contribution in [0.1, 0.15) is 63.0 Å². The highest BCUT2D eigenvalue weighted by molar-refractivity contribution is 5.89. The van der Waals surface area contributed by atoms with Crippen molar-refractivity contribution in [3.05, 3.63) is 35.4 Å². The first-order chi connectivity index (χ1) is 11.5. The Labute approximate surface area is 144 Å². The predicted molar refractivity (Wildman–Crippen MR) is 94.7 cm³/mol. The Morgan fingerprint density at radius 2 is 2.08 bits per heavy atom. The lowest BCUT2D eigenvalue weighted by Crippen LogP contribution is -2.50. The molecule has 0 radical (unpaired) electrons.